The minimum absolute atomic E-state index is 0.0961. The molecule has 0 saturated carbocycles. The highest BCUT2D eigenvalue weighted by Gasteiger charge is 2.14. The van der Waals surface area contributed by atoms with E-state index in [9.17, 15) is 9.90 Å². The van der Waals surface area contributed by atoms with Crippen LogP contribution in [0.2, 0.25) is 0 Å². The van der Waals surface area contributed by atoms with Crippen molar-refractivity contribution in [3.05, 3.63) is 30.6 Å². The number of fused-ring (bicyclic) bond motifs is 3. The number of nitrogens with two attached hydrogens (primary N) is 1. The number of aromatic hydroxyl groups is 1. The van der Waals surface area contributed by atoms with Crippen LogP contribution in [0.25, 0.3) is 27.9 Å². The van der Waals surface area contributed by atoms with Crippen LogP contribution >= 0.6 is 0 Å². The van der Waals surface area contributed by atoms with Gasteiger partial charge in [-0.1, -0.05) is 6.42 Å². The van der Waals surface area contributed by atoms with Crippen LogP contribution in [0.1, 0.15) is 25.7 Å². The second-order valence-corrected chi connectivity index (χ2v) is 6.78. The molecule has 1 saturated heterocycles. The predicted octanol–water partition coefficient (Wildman–Crippen LogP) is 1.43. The van der Waals surface area contributed by atoms with Crippen LogP contribution in [-0.2, 0) is 4.79 Å². The van der Waals surface area contributed by atoms with E-state index in [2.05, 4.69) is 25.5 Å². The van der Waals surface area contributed by atoms with Gasteiger partial charge in [0.25, 0.3) is 0 Å². The quantitative estimate of drug-likeness (QED) is 0.429. The van der Waals surface area contributed by atoms with Crippen molar-refractivity contribution in [2.24, 2.45) is 0 Å². The van der Waals surface area contributed by atoms with Gasteiger partial charge in [-0.15, -0.1) is 5.10 Å². The van der Waals surface area contributed by atoms with Crippen LogP contribution in [0, 0.1) is 11.5 Å². The van der Waals surface area contributed by atoms with Gasteiger partial charge in [0.15, 0.2) is 11.5 Å². The number of nitrogen functional groups attached to an aromatic ring is 1. The number of hydrogen-bond donors (Lipinski definition) is 3. The van der Waals surface area contributed by atoms with Gasteiger partial charge in [0.2, 0.25) is 18.0 Å². The van der Waals surface area contributed by atoms with E-state index in [-0.39, 0.29) is 17.6 Å². The van der Waals surface area contributed by atoms with Gasteiger partial charge in [0, 0.05) is 24.4 Å². The van der Waals surface area contributed by atoms with Crippen molar-refractivity contribution in [3.63, 3.8) is 0 Å². The first-order chi connectivity index (χ1) is 14.5. The van der Waals surface area contributed by atoms with Gasteiger partial charge in [-0.25, -0.2) is 9.97 Å². The summed E-state index contributed by atoms with van der Waals surface area (Å²) in [6.07, 6.45) is 9.07. The molecule has 0 atom stereocenters. The van der Waals surface area contributed by atoms with Gasteiger partial charge in [0.05, 0.1) is 23.5 Å². The fraction of sp³-hybridized carbons (Fsp3) is 0.263. The number of benzene rings is 1. The van der Waals surface area contributed by atoms with E-state index in [0.717, 1.165) is 30.5 Å². The van der Waals surface area contributed by atoms with Crippen molar-refractivity contribution >= 4 is 28.4 Å². The normalized spacial score (nSPS) is 13.9. The van der Waals surface area contributed by atoms with Crippen LogP contribution in [0.3, 0.4) is 0 Å². The highest BCUT2D eigenvalue weighted by molar-refractivity contribution is 5.93. The lowest BCUT2D eigenvalue weighted by atomic mass is 10.2. The number of nitrogens with one attached hydrogen (secondary N) is 1. The topological polar surface area (TPSA) is 160 Å². The Bertz CT molecular complexity index is 1260. The Hall–Kier alpha value is -4.20. The summed E-state index contributed by atoms with van der Waals surface area (Å²) in [7, 11) is 0. The summed E-state index contributed by atoms with van der Waals surface area (Å²) >= 11 is 0. The maximum Gasteiger partial charge on any atom is 0.223 e. The Kier molecular flexibility index (Phi) is 5.13. The van der Waals surface area contributed by atoms with Gasteiger partial charge in [-0.2, -0.15) is 19.6 Å². The lowest BCUT2D eigenvalue weighted by Gasteiger charge is -2.02. The number of anilines is 1. The van der Waals surface area contributed by atoms with Crippen molar-refractivity contribution in [3.8, 4) is 23.3 Å². The van der Waals surface area contributed by atoms with E-state index in [1.165, 1.54) is 29.4 Å². The van der Waals surface area contributed by atoms with Crippen molar-refractivity contribution in [1.82, 2.24) is 34.7 Å². The lowest BCUT2D eigenvalue weighted by Crippen LogP contribution is -2.21. The van der Waals surface area contributed by atoms with Gasteiger partial charge >= 0.3 is 0 Å². The zero-order chi connectivity index (χ0) is 21.1. The second-order valence-electron chi connectivity index (χ2n) is 6.78. The molecule has 1 aromatic carbocycles. The average Bonchev–Trinajstić information content (AvgIpc) is 3.32. The first-order valence-corrected chi connectivity index (χ1v) is 9.42. The molecule has 1 aliphatic rings. The van der Waals surface area contributed by atoms with Gasteiger partial charge in [-0.05, 0) is 25.0 Å². The van der Waals surface area contributed by atoms with E-state index in [1.54, 1.807) is 12.1 Å². The third-order valence-electron chi connectivity index (χ3n) is 4.63. The van der Waals surface area contributed by atoms with Gasteiger partial charge in [-0.3, -0.25) is 4.79 Å². The molecule has 0 bridgehead atoms. The maximum atomic E-state index is 10.6. The lowest BCUT2D eigenvalue weighted by molar-refractivity contribution is -0.120. The molecule has 0 spiro atoms. The summed E-state index contributed by atoms with van der Waals surface area (Å²) in [5.41, 5.74) is 7.52. The molecule has 0 unspecified atom stereocenters. The van der Waals surface area contributed by atoms with Crippen molar-refractivity contribution in [1.29, 1.82) is 5.26 Å². The number of rotatable bonds is 1. The molecule has 1 fully saturated rings. The molecule has 4 N–H and O–H groups in total. The van der Waals surface area contributed by atoms with Crippen LogP contribution in [0.15, 0.2) is 30.6 Å². The standard InChI is InChI=1S/C13H8N8O.C6H11NO/c14-6-20-5-7(4-16-20)11-18-12-9-2-1-8(22)3-10(9)17-13(15)21(12)19-11;8-6-4-2-1-3-5-7-6/h1-5,22H,(H2,15,17);1-5H2,(H,7,8). The van der Waals surface area contributed by atoms with E-state index < -0.39 is 0 Å². The molecule has 152 valence electrons. The molecule has 0 radical (unpaired) electrons. The molecule has 30 heavy (non-hydrogen) atoms. The van der Waals surface area contributed by atoms with E-state index in [1.807, 2.05) is 6.19 Å². The van der Waals surface area contributed by atoms with Crippen LogP contribution < -0.4 is 11.1 Å². The number of nitriles is 1. The zero-order valence-electron chi connectivity index (χ0n) is 16.0. The highest BCUT2D eigenvalue weighted by atomic mass is 16.3. The minimum Gasteiger partial charge on any atom is -0.508 e. The van der Waals surface area contributed by atoms with Crippen LogP contribution in [-0.4, -0.2) is 46.9 Å². The number of aromatic nitrogens is 6. The summed E-state index contributed by atoms with van der Waals surface area (Å²) < 4.78 is 2.53. The van der Waals surface area contributed by atoms with E-state index in [0.29, 0.717) is 27.9 Å². The maximum absolute atomic E-state index is 10.6. The summed E-state index contributed by atoms with van der Waals surface area (Å²) in [5, 5.41) is 30.0. The van der Waals surface area contributed by atoms with Crippen LogP contribution in [0.4, 0.5) is 5.95 Å². The number of phenols is 1. The number of carbonyl (C=O) groups excluding carboxylic acids is 1. The molecule has 4 aromatic rings. The van der Waals surface area contributed by atoms with Gasteiger partial charge < -0.3 is 16.2 Å². The third-order valence-corrected chi connectivity index (χ3v) is 4.63. The number of amides is 1. The molecule has 5 rings (SSSR count). The number of phenolic OH excluding ortho intramolecular Hbond substituents is 1. The Labute approximate surface area is 170 Å². The monoisotopic (exact) mass is 405 g/mol. The summed E-state index contributed by atoms with van der Waals surface area (Å²) in [4.78, 5) is 19.2. The van der Waals surface area contributed by atoms with Crippen molar-refractivity contribution in [2.45, 2.75) is 25.7 Å². The molecule has 1 aliphatic heterocycles. The SMILES string of the molecule is N#Cn1cc(-c2nc3c4ccc(O)cc4nc(N)n3n2)cn1.O=C1CCCCCN1. The number of carbonyl (C=O) groups is 1. The molecular weight excluding hydrogens is 386 g/mol. The largest absolute Gasteiger partial charge is 0.508 e. The molecule has 1 amide bonds. The van der Waals surface area contributed by atoms with E-state index in [4.69, 9.17) is 11.0 Å². The fourth-order valence-corrected chi connectivity index (χ4v) is 3.14. The number of nitrogens with zero attached hydrogens (tertiary/aromatic N) is 7. The zero-order valence-corrected chi connectivity index (χ0v) is 16.0. The molecule has 3 aromatic heterocycles. The van der Waals surface area contributed by atoms with Crippen molar-refractivity contribution < 1.29 is 9.90 Å². The minimum atomic E-state index is 0.0961. The first kappa shape index (κ1) is 19.1. The van der Waals surface area contributed by atoms with Crippen LogP contribution in [0.5, 0.6) is 5.75 Å². The summed E-state index contributed by atoms with van der Waals surface area (Å²) in [6.45, 7) is 0.888. The Balaban J connectivity index is 0.000000230. The molecule has 11 heteroatoms. The Morgan fingerprint density at radius 1 is 1.23 bits per heavy atom. The second kappa shape index (κ2) is 8.04. The molecule has 11 nitrogen and oxygen atoms in total. The Morgan fingerprint density at radius 3 is 2.90 bits per heavy atom. The highest BCUT2D eigenvalue weighted by Crippen LogP contribution is 2.25. The summed E-state index contributed by atoms with van der Waals surface area (Å²) in [5.74, 6) is 0.858. The average molecular weight is 405 g/mol. The van der Waals surface area contributed by atoms with Gasteiger partial charge in [0.1, 0.15) is 5.75 Å². The first-order valence-electron chi connectivity index (χ1n) is 9.42. The molecule has 4 heterocycles. The third kappa shape index (κ3) is 3.83. The molecule has 0 aliphatic carbocycles. The Morgan fingerprint density at radius 2 is 2.10 bits per heavy atom. The fourth-order valence-electron chi connectivity index (χ4n) is 3.14. The predicted molar refractivity (Wildman–Crippen MR) is 108 cm³/mol. The van der Waals surface area contributed by atoms with Crippen molar-refractivity contribution in [2.75, 3.05) is 12.3 Å². The van der Waals surface area contributed by atoms with E-state index >= 15 is 0 Å². The smallest absolute Gasteiger partial charge is 0.223 e. The summed E-state index contributed by atoms with van der Waals surface area (Å²) in [6, 6.07) is 4.75. The molecular formula is C19H19N9O2. The number of hydrogen-bond acceptors (Lipinski definition) is 8.